The van der Waals surface area contributed by atoms with Gasteiger partial charge in [0.05, 0.1) is 5.92 Å². The van der Waals surface area contributed by atoms with Gasteiger partial charge in [0.1, 0.15) is 0 Å². The maximum Gasteiger partial charge on any atom is 0.307 e. The van der Waals surface area contributed by atoms with Crippen LogP contribution in [0.3, 0.4) is 0 Å². The molecule has 3 nitrogen and oxygen atoms in total. The van der Waals surface area contributed by atoms with Crippen LogP contribution in [0.5, 0.6) is 0 Å². The summed E-state index contributed by atoms with van der Waals surface area (Å²) in [6.07, 6.45) is 6.39. The van der Waals surface area contributed by atoms with Crippen LogP contribution in [0, 0.1) is 17.3 Å². The molecular formula is C10H14O3. The van der Waals surface area contributed by atoms with Crippen molar-refractivity contribution in [1.29, 1.82) is 0 Å². The number of fused-ring (bicyclic) bond motifs is 2. The lowest BCUT2D eigenvalue weighted by atomic mass is 9.76. The molecule has 13 heavy (non-hydrogen) atoms. The number of allylic oxidation sites excluding steroid dienone is 2. The Morgan fingerprint density at radius 2 is 2.38 bits per heavy atom. The third-order valence-electron chi connectivity index (χ3n) is 3.45. The van der Waals surface area contributed by atoms with Gasteiger partial charge in [-0.2, -0.15) is 0 Å². The highest BCUT2D eigenvalue weighted by Gasteiger charge is 2.51. The highest BCUT2D eigenvalue weighted by Crippen LogP contribution is 2.55. The summed E-state index contributed by atoms with van der Waals surface area (Å²) in [6, 6.07) is 0. The molecule has 0 spiro atoms. The smallest absolute Gasteiger partial charge is 0.307 e. The Bertz CT molecular complexity index is 259. The Morgan fingerprint density at radius 3 is 2.92 bits per heavy atom. The topological polar surface area (TPSA) is 57.5 Å². The minimum absolute atomic E-state index is 0.0842. The van der Waals surface area contributed by atoms with Gasteiger partial charge in [-0.25, -0.2) is 0 Å². The Balaban J connectivity index is 2.23. The number of aliphatic hydroxyl groups excluding tert-OH is 1. The van der Waals surface area contributed by atoms with Gasteiger partial charge >= 0.3 is 5.97 Å². The number of carboxylic acid groups (broad SMARTS) is 1. The monoisotopic (exact) mass is 182 g/mol. The predicted octanol–water partition coefficient (Wildman–Crippen LogP) is 1.04. The first-order valence-electron chi connectivity index (χ1n) is 4.71. The number of hydrogen-bond acceptors (Lipinski definition) is 2. The van der Waals surface area contributed by atoms with Gasteiger partial charge < -0.3 is 10.2 Å². The molecule has 3 atom stereocenters. The Labute approximate surface area is 77.1 Å². The van der Waals surface area contributed by atoms with E-state index >= 15 is 0 Å². The zero-order chi connectivity index (χ0) is 9.47. The van der Waals surface area contributed by atoms with Crippen LogP contribution in [-0.2, 0) is 4.79 Å². The van der Waals surface area contributed by atoms with E-state index < -0.39 is 5.97 Å². The maximum atomic E-state index is 11.0. The molecule has 0 amide bonds. The van der Waals surface area contributed by atoms with Crippen molar-refractivity contribution in [2.24, 2.45) is 17.3 Å². The van der Waals surface area contributed by atoms with Crippen LogP contribution in [0.4, 0.5) is 0 Å². The van der Waals surface area contributed by atoms with Crippen LogP contribution in [0.15, 0.2) is 12.2 Å². The molecule has 2 aliphatic rings. The standard InChI is InChI=1S/C10H14O3/c11-4-3-10-2-1-7(6-10)5-8(10)9(12)13/h1-2,7-8,11H,3-6H2,(H,12,13). The second-order valence-electron chi connectivity index (χ2n) is 4.16. The zero-order valence-electron chi connectivity index (χ0n) is 7.44. The zero-order valence-corrected chi connectivity index (χ0v) is 7.44. The summed E-state index contributed by atoms with van der Waals surface area (Å²) in [5.41, 5.74) is -0.231. The van der Waals surface area contributed by atoms with E-state index in [4.69, 9.17) is 10.2 Å². The lowest BCUT2D eigenvalue weighted by Crippen LogP contribution is -2.30. The van der Waals surface area contributed by atoms with Crippen molar-refractivity contribution in [3.8, 4) is 0 Å². The molecule has 2 N–H and O–H groups in total. The lowest BCUT2D eigenvalue weighted by Gasteiger charge is -2.28. The molecule has 72 valence electrons. The number of aliphatic carboxylic acids is 1. The summed E-state index contributed by atoms with van der Waals surface area (Å²) in [7, 11) is 0. The van der Waals surface area contributed by atoms with E-state index in [9.17, 15) is 4.79 Å². The van der Waals surface area contributed by atoms with E-state index in [1.807, 2.05) is 6.08 Å². The van der Waals surface area contributed by atoms with Crippen LogP contribution >= 0.6 is 0 Å². The van der Waals surface area contributed by atoms with Gasteiger partial charge in [0.15, 0.2) is 0 Å². The first-order chi connectivity index (χ1) is 6.18. The van der Waals surface area contributed by atoms with E-state index in [-0.39, 0.29) is 17.9 Å². The molecule has 1 saturated carbocycles. The molecule has 0 aliphatic heterocycles. The van der Waals surface area contributed by atoms with Gasteiger partial charge in [-0.3, -0.25) is 4.79 Å². The molecule has 2 rings (SSSR count). The second kappa shape index (κ2) is 2.84. The molecule has 2 aliphatic carbocycles. The third-order valence-corrected chi connectivity index (χ3v) is 3.45. The highest BCUT2D eigenvalue weighted by molar-refractivity contribution is 5.72. The molecule has 0 aromatic heterocycles. The quantitative estimate of drug-likeness (QED) is 0.641. The largest absolute Gasteiger partial charge is 0.481 e. The molecule has 1 fully saturated rings. The average Bonchev–Trinajstić information content (AvgIpc) is 2.60. The fraction of sp³-hybridized carbons (Fsp3) is 0.700. The van der Waals surface area contributed by atoms with Crippen molar-refractivity contribution in [2.75, 3.05) is 6.61 Å². The number of rotatable bonds is 3. The number of carboxylic acids is 1. The van der Waals surface area contributed by atoms with Crippen molar-refractivity contribution >= 4 is 5.97 Å². The van der Waals surface area contributed by atoms with Crippen molar-refractivity contribution in [3.63, 3.8) is 0 Å². The van der Waals surface area contributed by atoms with Crippen LogP contribution in [-0.4, -0.2) is 22.8 Å². The van der Waals surface area contributed by atoms with Crippen molar-refractivity contribution in [1.82, 2.24) is 0 Å². The van der Waals surface area contributed by atoms with Crippen LogP contribution in [0.1, 0.15) is 19.3 Å². The third kappa shape index (κ3) is 1.18. The average molecular weight is 182 g/mol. The first kappa shape index (κ1) is 8.75. The number of hydrogen-bond donors (Lipinski definition) is 2. The fourth-order valence-corrected chi connectivity index (χ4v) is 2.82. The molecule has 3 heteroatoms. The van der Waals surface area contributed by atoms with Gasteiger partial charge in [-0.1, -0.05) is 12.2 Å². The summed E-state index contributed by atoms with van der Waals surface area (Å²) in [5, 5.41) is 17.9. The van der Waals surface area contributed by atoms with E-state index in [1.54, 1.807) is 0 Å². The van der Waals surface area contributed by atoms with Crippen molar-refractivity contribution < 1.29 is 15.0 Å². The van der Waals surface area contributed by atoms with Crippen LogP contribution in [0.25, 0.3) is 0 Å². The van der Waals surface area contributed by atoms with Gasteiger partial charge in [-0.15, -0.1) is 0 Å². The Kier molecular flexibility index (Phi) is 1.91. The molecule has 3 unspecified atom stereocenters. The summed E-state index contributed by atoms with van der Waals surface area (Å²) in [4.78, 5) is 11.0. The van der Waals surface area contributed by atoms with Gasteiger partial charge in [0.2, 0.25) is 0 Å². The molecule has 0 aromatic carbocycles. The number of carbonyl (C=O) groups is 1. The van der Waals surface area contributed by atoms with E-state index in [1.165, 1.54) is 0 Å². The molecule has 0 heterocycles. The summed E-state index contributed by atoms with van der Waals surface area (Å²) in [6.45, 7) is 0.0842. The fourth-order valence-electron chi connectivity index (χ4n) is 2.82. The van der Waals surface area contributed by atoms with E-state index in [2.05, 4.69) is 6.08 Å². The lowest BCUT2D eigenvalue weighted by molar-refractivity contribution is -0.144. The Morgan fingerprint density at radius 1 is 1.62 bits per heavy atom. The second-order valence-corrected chi connectivity index (χ2v) is 4.16. The highest BCUT2D eigenvalue weighted by atomic mass is 16.4. The van der Waals surface area contributed by atoms with Crippen LogP contribution in [0.2, 0.25) is 0 Å². The molecule has 2 bridgehead atoms. The van der Waals surface area contributed by atoms with Crippen molar-refractivity contribution in [2.45, 2.75) is 19.3 Å². The van der Waals surface area contributed by atoms with Gasteiger partial charge in [-0.05, 0) is 25.2 Å². The van der Waals surface area contributed by atoms with E-state index in [0.29, 0.717) is 12.3 Å². The minimum atomic E-state index is -0.708. The molecule has 0 saturated heterocycles. The van der Waals surface area contributed by atoms with E-state index in [0.717, 1.165) is 12.8 Å². The minimum Gasteiger partial charge on any atom is -0.481 e. The normalized spacial score (nSPS) is 41.3. The van der Waals surface area contributed by atoms with Crippen molar-refractivity contribution in [3.05, 3.63) is 12.2 Å². The molecule has 0 aromatic rings. The molecule has 0 radical (unpaired) electrons. The molecular weight excluding hydrogens is 168 g/mol. The van der Waals surface area contributed by atoms with Gasteiger partial charge in [0, 0.05) is 12.0 Å². The first-order valence-corrected chi connectivity index (χ1v) is 4.71. The maximum absolute atomic E-state index is 11.0. The Hall–Kier alpha value is -0.830. The summed E-state index contributed by atoms with van der Waals surface area (Å²) in [5.74, 6) is -0.539. The SMILES string of the molecule is O=C(O)C1CC2C=CC1(CCO)C2. The summed E-state index contributed by atoms with van der Waals surface area (Å²) < 4.78 is 0. The van der Waals surface area contributed by atoms with Gasteiger partial charge in [0.25, 0.3) is 0 Å². The summed E-state index contributed by atoms with van der Waals surface area (Å²) >= 11 is 0. The number of aliphatic hydroxyl groups is 1. The predicted molar refractivity (Wildman–Crippen MR) is 47.1 cm³/mol. The van der Waals surface area contributed by atoms with Crippen LogP contribution < -0.4 is 0 Å².